The Morgan fingerprint density at radius 1 is 1.25 bits per heavy atom. The van der Waals surface area contributed by atoms with Gasteiger partial charge in [0.2, 0.25) is 0 Å². The third-order valence-corrected chi connectivity index (χ3v) is 5.76. The smallest absolute Gasteiger partial charge is 0.195 e. The molecular formula is C15H21N3OS. The Morgan fingerprint density at radius 2 is 2.10 bits per heavy atom. The number of fused-ring (bicyclic) bond motifs is 2. The monoisotopic (exact) mass is 291 g/mol. The predicted octanol–water partition coefficient (Wildman–Crippen LogP) is 3.05. The van der Waals surface area contributed by atoms with E-state index in [0.717, 1.165) is 28.9 Å². The van der Waals surface area contributed by atoms with E-state index in [2.05, 4.69) is 4.90 Å². The van der Waals surface area contributed by atoms with Crippen LogP contribution in [0.1, 0.15) is 44.2 Å². The maximum Gasteiger partial charge on any atom is 0.195 e. The fraction of sp³-hybridized carbons (Fsp3) is 0.667. The molecule has 0 radical (unpaired) electrons. The number of hydrogen-bond acceptors (Lipinski definition) is 4. The quantitative estimate of drug-likeness (QED) is 0.924. The zero-order valence-electron chi connectivity index (χ0n) is 11.7. The molecule has 20 heavy (non-hydrogen) atoms. The van der Waals surface area contributed by atoms with Crippen molar-refractivity contribution in [3.8, 4) is 0 Å². The number of nitrogens with zero attached hydrogens (tertiary/aromatic N) is 3. The molecule has 0 bridgehead atoms. The number of rotatable bonds is 2. The van der Waals surface area contributed by atoms with E-state index >= 15 is 0 Å². The van der Waals surface area contributed by atoms with Crippen molar-refractivity contribution in [2.75, 3.05) is 11.4 Å². The molecule has 2 aromatic rings. The molecule has 0 amide bonds. The van der Waals surface area contributed by atoms with Crippen molar-refractivity contribution in [3.63, 3.8) is 0 Å². The number of thiazole rings is 1. The van der Waals surface area contributed by atoms with E-state index < -0.39 is 0 Å². The van der Waals surface area contributed by atoms with Crippen LogP contribution in [0.4, 0.5) is 5.82 Å². The Hall–Kier alpha value is -1.07. The van der Waals surface area contributed by atoms with E-state index in [1.165, 1.54) is 38.5 Å². The van der Waals surface area contributed by atoms with Gasteiger partial charge in [-0.05, 0) is 31.6 Å². The van der Waals surface area contributed by atoms with E-state index in [4.69, 9.17) is 4.98 Å². The van der Waals surface area contributed by atoms with Crippen LogP contribution in [0.3, 0.4) is 0 Å². The first-order valence-corrected chi connectivity index (χ1v) is 8.58. The molecule has 0 aromatic carbocycles. The van der Waals surface area contributed by atoms with Gasteiger partial charge in [0.05, 0.1) is 12.3 Å². The van der Waals surface area contributed by atoms with Crippen LogP contribution < -0.4 is 4.90 Å². The Kier molecular flexibility index (Phi) is 3.19. The summed E-state index contributed by atoms with van der Waals surface area (Å²) < 4.78 is 2.05. The van der Waals surface area contributed by atoms with Crippen LogP contribution in [0.5, 0.6) is 0 Å². The van der Waals surface area contributed by atoms with Gasteiger partial charge in [-0.2, -0.15) is 0 Å². The minimum Gasteiger partial charge on any atom is -0.390 e. The van der Waals surface area contributed by atoms with Gasteiger partial charge in [0.1, 0.15) is 0 Å². The highest BCUT2D eigenvalue weighted by Crippen LogP contribution is 2.39. The molecule has 1 aliphatic carbocycles. The van der Waals surface area contributed by atoms with Crippen LogP contribution in [-0.2, 0) is 6.61 Å². The molecule has 1 aliphatic heterocycles. The lowest BCUT2D eigenvalue weighted by Gasteiger charge is -2.44. The second-order valence-electron chi connectivity index (χ2n) is 6.04. The van der Waals surface area contributed by atoms with Crippen molar-refractivity contribution in [1.82, 2.24) is 9.38 Å². The average Bonchev–Trinajstić information content (AvgIpc) is 3.06. The lowest BCUT2D eigenvalue weighted by molar-refractivity contribution is 0.239. The van der Waals surface area contributed by atoms with Gasteiger partial charge in [-0.1, -0.05) is 12.8 Å². The second-order valence-corrected chi connectivity index (χ2v) is 6.92. The minimum absolute atomic E-state index is 0.0706. The summed E-state index contributed by atoms with van der Waals surface area (Å²) in [6.07, 6.45) is 10.0. The molecular weight excluding hydrogens is 270 g/mol. The Labute approximate surface area is 123 Å². The topological polar surface area (TPSA) is 40.8 Å². The van der Waals surface area contributed by atoms with Gasteiger partial charge in [-0.25, -0.2) is 4.98 Å². The first-order chi connectivity index (χ1) is 9.88. The number of hydrogen-bond donors (Lipinski definition) is 1. The van der Waals surface area contributed by atoms with Crippen LogP contribution in [0, 0.1) is 5.92 Å². The van der Waals surface area contributed by atoms with Crippen molar-refractivity contribution in [2.24, 2.45) is 5.92 Å². The fourth-order valence-corrected chi connectivity index (χ4v) is 4.81. The normalized spacial score (nSPS) is 26.9. The molecule has 0 spiro atoms. The molecule has 5 heteroatoms. The Morgan fingerprint density at radius 3 is 3.00 bits per heavy atom. The standard InChI is InChI=1S/C15H21N3OS/c19-10-13-14(16-15-18(13)8-9-20-15)17-7-3-5-11-4-1-2-6-12(11)17/h8-9,11-12,19H,1-7,10H2. The van der Waals surface area contributed by atoms with Crippen molar-refractivity contribution >= 4 is 22.1 Å². The van der Waals surface area contributed by atoms with Gasteiger partial charge in [-0.15, -0.1) is 11.3 Å². The fourth-order valence-electron chi connectivity index (χ4n) is 4.09. The van der Waals surface area contributed by atoms with Crippen LogP contribution in [-0.4, -0.2) is 27.1 Å². The molecule has 2 fully saturated rings. The minimum atomic E-state index is 0.0706. The number of imidazole rings is 1. The van der Waals surface area contributed by atoms with Crippen molar-refractivity contribution in [2.45, 2.75) is 51.2 Å². The number of aliphatic hydroxyl groups excluding tert-OH is 1. The van der Waals surface area contributed by atoms with Gasteiger partial charge < -0.3 is 10.0 Å². The summed E-state index contributed by atoms with van der Waals surface area (Å²) in [7, 11) is 0. The number of piperidine rings is 1. The summed E-state index contributed by atoms with van der Waals surface area (Å²) in [5.74, 6) is 1.87. The van der Waals surface area contributed by atoms with E-state index in [9.17, 15) is 5.11 Å². The number of aromatic nitrogens is 2. The molecule has 108 valence electrons. The first kappa shape index (κ1) is 12.7. The maximum absolute atomic E-state index is 9.77. The van der Waals surface area contributed by atoms with Crippen molar-refractivity contribution < 1.29 is 5.11 Å². The SMILES string of the molecule is OCc1c(N2CCCC3CCCCC32)nc2sccn12. The van der Waals surface area contributed by atoms with Gasteiger partial charge in [0, 0.05) is 24.2 Å². The number of aliphatic hydroxyl groups is 1. The highest BCUT2D eigenvalue weighted by Gasteiger charge is 2.35. The third-order valence-electron chi connectivity index (χ3n) is 5.00. The van der Waals surface area contributed by atoms with Crippen LogP contribution in [0.2, 0.25) is 0 Å². The van der Waals surface area contributed by atoms with Crippen LogP contribution in [0.25, 0.3) is 4.96 Å². The predicted molar refractivity (Wildman–Crippen MR) is 81.3 cm³/mol. The second kappa shape index (κ2) is 5.04. The lowest BCUT2D eigenvalue weighted by atomic mass is 9.78. The largest absolute Gasteiger partial charge is 0.390 e. The molecule has 4 rings (SSSR count). The molecule has 2 atom stereocenters. The van der Waals surface area contributed by atoms with E-state index in [-0.39, 0.29) is 6.61 Å². The van der Waals surface area contributed by atoms with Gasteiger partial charge >= 0.3 is 0 Å². The van der Waals surface area contributed by atoms with Crippen molar-refractivity contribution in [3.05, 3.63) is 17.3 Å². The first-order valence-electron chi connectivity index (χ1n) is 7.70. The molecule has 4 nitrogen and oxygen atoms in total. The molecule has 3 heterocycles. The molecule has 2 aromatic heterocycles. The molecule has 1 N–H and O–H groups in total. The summed E-state index contributed by atoms with van der Waals surface area (Å²) in [6, 6.07) is 0.646. The summed E-state index contributed by atoms with van der Waals surface area (Å²) in [5, 5.41) is 11.8. The van der Waals surface area contributed by atoms with E-state index in [1.807, 2.05) is 16.0 Å². The maximum atomic E-state index is 9.77. The van der Waals surface area contributed by atoms with E-state index in [0.29, 0.717) is 6.04 Å². The summed E-state index contributed by atoms with van der Waals surface area (Å²) >= 11 is 1.65. The molecule has 1 saturated heterocycles. The zero-order valence-corrected chi connectivity index (χ0v) is 12.5. The highest BCUT2D eigenvalue weighted by molar-refractivity contribution is 7.15. The Bertz CT molecular complexity index is 603. The third kappa shape index (κ3) is 1.87. The van der Waals surface area contributed by atoms with Gasteiger partial charge in [0.15, 0.2) is 10.8 Å². The lowest BCUT2D eigenvalue weighted by Crippen LogP contribution is -2.47. The summed E-state index contributed by atoms with van der Waals surface area (Å²) in [4.78, 5) is 8.31. The zero-order chi connectivity index (χ0) is 13.5. The molecule has 2 unspecified atom stereocenters. The number of anilines is 1. The van der Waals surface area contributed by atoms with Gasteiger partial charge in [-0.3, -0.25) is 4.40 Å². The Balaban J connectivity index is 1.74. The summed E-state index contributed by atoms with van der Waals surface area (Å²) in [6.45, 7) is 1.17. The molecule has 2 aliphatic rings. The van der Waals surface area contributed by atoms with Crippen LogP contribution >= 0.6 is 11.3 Å². The summed E-state index contributed by atoms with van der Waals surface area (Å²) in [5.41, 5.74) is 0.965. The average molecular weight is 291 g/mol. The van der Waals surface area contributed by atoms with Crippen LogP contribution in [0.15, 0.2) is 11.6 Å². The highest BCUT2D eigenvalue weighted by atomic mass is 32.1. The van der Waals surface area contributed by atoms with E-state index in [1.54, 1.807) is 11.3 Å². The van der Waals surface area contributed by atoms with Gasteiger partial charge in [0.25, 0.3) is 0 Å². The van der Waals surface area contributed by atoms with Crippen molar-refractivity contribution in [1.29, 1.82) is 0 Å². The molecule has 1 saturated carbocycles.